The Bertz CT molecular complexity index is 3780. The van der Waals surface area contributed by atoms with Crippen molar-refractivity contribution in [1.82, 2.24) is 9.55 Å². The first-order valence-electron chi connectivity index (χ1n) is 27.8. The van der Waals surface area contributed by atoms with Gasteiger partial charge in [0, 0.05) is 39.2 Å². The van der Waals surface area contributed by atoms with E-state index in [1.807, 2.05) is 30.5 Å². The number of para-hydroxylation sites is 4. The van der Waals surface area contributed by atoms with Crippen molar-refractivity contribution in [3.63, 3.8) is 0 Å². The Labute approximate surface area is 392 Å². The van der Waals surface area contributed by atoms with Gasteiger partial charge in [0.2, 0.25) is 0 Å². The van der Waals surface area contributed by atoms with Gasteiger partial charge in [-0.2, -0.15) is 0 Å². The van der Waals surface area contributed by atoms with E-state index in [1.165, 1.54) is 5.56 Å². The Balaban J connectivity index is 1.21. The number of benzene rings is 7. The molecule has 0 fully saturated rings. The molecule has 0 radical (unpaired) electrons. The number of hydrogen-bond acceptors (Lipinski definition) is 3. The first-order chi connectivity index (χ1) is 35.7. The van der Waals surface area contributed by atoms with E-state index in [0.29, 0.717) is 11.4 Å². The zero-order valence-corrected chi connectivity index (χ0v) is 37.8. The van der Waals surface area contributed by atoms with Crippen LogP contribution in [0.25, 0.3) is 49.9 Å². The van der Waals surface area contributed by atoms with Gasteiger partial charge in [-0.25, -0.2) is 4.98 Å². The highest BCUT2D eigenvalue weighted by molar-refractivity contribution is 6.88. The van der Waals surface area contributed by atoms with E-state index in [1.54, 1.807) is 11.0 Å². The molecule has 5 heteroatoms. The highest BCUT2D eigenvalue weighted by Crippen LogP contribution is 2.50. The van der Waals surface area contributed by atoms with Crippen LogP contribution < -0.4 is 15.0 Å². The highest BCUT2D eigenvalue weighted by atomic mass is 28.3. The Morgan fingerprint density at radius 2 is 1.17 bits per heavy atom. The van der Waals surface area contributed by atoms with Gasteiger partial charge in [-0.05, 0) is 81.8 Å². The maximum absolute atomic E-state index is 9.52. The molecule has 1 aliphatic rings. The van der Waals surface area contributed by atoms with Crippen molar-refractivity contribution in [2.45, 2.75) is 65.1 Å². The van der Waals surface area contributed by atoms with Crippen LogP contribution >= 0.6 is 0 Å². The Morgan fingerprint density at radius 1 is 0.556 bits per heavy atom. The number of fused-ring (bicyclic) bond motifs is 4. The van der Waals surface area contributed by atoms with E-state index in [2.05, 4.69) is 130 Å². The second kappa shape index (κ2) is 15.3. The second-order valence-corrected chi connectivity index (χ2v) is 23.9. The van der Waals surface area contributed by atoms with Gasteiger partial charge in [-0.1, -0.05) is 187 Å². The lowest BCUT2D eigenvalue weighted by molar-refractivity contribution is 0.588. The van der Waals surface area contributed by atoms with E-state index in [-0.39, 0.29) is 28.9 Å². The smallest absolute Gasteiger partial charge is 0.137 e. The minimum absolute atomic E-state index is 0.0609. The summed E-state index contributed by atoms with van der Waals surface area (Å²) >= 11 is 0. The summed E-state index contributed by atoms with van der Waals surface area (Å²) in [5.74, 6) is 0.825. The lowest BCUT2D eigenvalue weighted by atomic mass is 9.77. The van der Waals surface area contributed by atoms with Crippen LogP contribution in [-0.2, 0) is 10.8 Å². The molecular weight excluding hydrogens is 781 g/mol. The number of aromatic nitrogens is 2. The normalized spacial score (nSPS) is 16.2. The average Bonchev–Trinajstić information content (AvgIpc) is 3.98. The summed E-state index contributed by atoms with van der Waals surface area (Å²) in [4.78, 5) is 8.70. The fourth-order valence-electron chi connectivity index (χ4n) is 8.75. The number of nitrogens with zero attached hydrogens (tertiary/aromatic N) is 4. The quantitative estimate of drug-likeness (QED) is 0.142. The summed E-state index contributed by atoms with van der Waals surface area (Å²) in [6.07, 6.45) is 1.88. The zero-order chi connectivity index (χ0) is 55.0. The summed E-state index contributed by atoms with van der Waals surface area (Å²) in [5.41, 5.74) is 4.96. The van der Waals surface area contributed by atoms with E-state index >= 15 is 0 Å². The first-order valence-corrected chi connectivity index (χ1v) is 24.8. The Kier molecular flexibility index (Phi) is 6.81. The molecule has 7 aromatic carbocycles. The van der Waals surface area contributed by atoms with Crippen LogP contribution in [0.2, 0.25) is 19.6 Å². The maximum atomic E-state index is 9.52. The molecule has 0 bridgehead atoms. The maximum Gasteiger partial charge on any atom is 0.137 e. The zero-order valence-electron chi connectivity index (χ0n) is 49.8. The van der Waals surface area contributed by atoms with E-state index < -0.39 is 103 Å². The third-order valence-corrected chi connectivity index (χ3v) is 14.4. The summed E-state index contributed by atoms with van der Waals surface area (Å²) in [7, 11) is -2.13. The standard InChI is InChI=1S/C58H56N4Si/c1-57(2,3)42-32-33-59-55(37-42)62-51-27-16-15-24-49(51)50-31-30-43(36-54(50)62)58(4,5)44-34-45(38-46(35-44)63(6,7)8)60-39-61(53-29-18-17-28-52(53)60)56-47(40-20-11-9-12-21-40)25-19-26-48(56)41-22-13-10-14-23-41/h9-38H,39H2,1-8H3/i9D,10D,11D,12D,13D,14D,19D,20D,21D,22D,23D,25D,26D. The van der Waals surface area contributed by atoms with Crippen LogP contribution in [0.4, 0.5) is 22.7 Å². The molecule has 0 saturated heterocycles. The van der Waals surface area contributed by atoms with Gasteiger partial charge in [-0.3, -0.25) is 4.57 Å². The van der Waals surface area contributed by atoms with Crippen molar-refractivity contribution in [2.24, 2.45) is 0 Å². The Hall–Kier alpha value is -6.69. The predicted octanol–water partition coefficient (Wildman–Crippen LogP) is 14.9. The fraction of sp³-hybridized carbons (Fsp3) is 0.190. The van der Waals surface area contributed by atoms with Crippen LogP contribution in [0.1, 0.15) is 69.1 Å². The molecule has 9 aromatic rings. The van der Waals surface area contributed by atoms with Crippen molar-refractivity contribution in [1.29, 1.82) is 0 Å². The van der Waals surface area contributed by atoms with E-state index in [0.717, 1.165) is 49.6 Å². The molecular formula is C58H56N4Si. The van der Waals surface area contributed by atoms with Crippen molar-refractivity contribution < 1.29 is 17.8 Å². The monoisotopic (exact) mass is 850 g/mol. The van der Waals surface area contributed by atoms with Crippen LogP contribution in [-0.4, -0.2) is 24.3 Å². The Morgan fingerprint density at radius 3 is 1.83 bits per heavy atom. The molecule has 4 nitrogen and oxygen atoms in total. The minimum Gasteiger partial charge on any atom is -0.321 e. The van der Waals surface area contributed by atoms with Gasteiger partial charge in [0.25, 0.3) is 0 Å². The molecule has 2 aromatic heterocycles. The van der Waals surface area contributed by atoms with Crippen LogP contribution in [0.5, 0.6) is 0 Å². The van der Waals surface area contributed by atoms with Crippen LogP contribution in [0.15, 0.2) is 182 Å². The van der Waals surface area contributed by atoms with Gasteiger partial charge in [0.15, 0.2) is 0 Å². The summed E-state index contributed by atoms with van der Waals surface area (Å²) in [5, 5.41) is 3.36. The molecule has 1 aliphatic heterocycles. The average molecular weight is 850 g/mol. The number of hydrogen-bond donors (Lipinski definition) is 0. The second-order valence-electron chi connectivity index (χ2n) is 18.8. The van der Waals surface area contributed by atoms with Crippen LogP contribution in [0, 0.1) is 0 Å². The first kappa shape index (κ1) is 28.1. The molecule has 0 N–H and O–H groups in total. The molecule has 0 unspecified atom stereocenters. The largest absolute Gasteiger partial charge is 0.321 e. The van der Waals surface area contributed by atoms with Gasteiger partial charge in [0.05, 0.1) is 54.0 Å². The van der Waals surface area contributed by atoms with Crippen molar-refractivity contribution >= 4 is 57.8 Å². The van der Waals surface area contributed by atoms with E-state index in [4.69, 9.17) is 13.2 Å². The minimum atomic E-state index is -2.13. The third-order valence-electron chi connectivity index (χ3n) is 12.4. The topological polar surface area (TPSA) is 24.3 Å². The number of pyridine rings is 1. The van der Waals surface area contributed by atoms with E-state index in [9.17, 15) is 9.60 Å². The van der Waals surface area contributed by atoms with Gasteiger partial charge in [-0.15, -0.1) is 0 Å². The molecule has 0 saturated carbocycles. The lowest BCUT2D eigenvalue weighted by Gasteiger charge is -2.32. The van der Waals surface area contributed by atoms with Gasteiger partial charge >= 0.3 is 0 Å². The summed E-state index contributed by atoms with van der Waals surface area (Å²) in [6.45, 7) is 17.8. The summed E-state index contributed by atoms with van der Waals surface area (Å²) < 4.78 is 119. The third kappa shape index (κ3) is 7.15. The number of rotatable bonds is 8. The molecule has 312 valence electrons. The fourth-order valence-corrected chi connectivity index (χ4v) is 9.92. The van der Waals surface area contributed by atoms with Crippen LogP contribution in [0.3, 0.4) is 0 Å². The predicted molar refractivity (Wildman–Crippen MR) is 272 cm³/mol. The molecule has 0 aliphatic carbocycles. The van der Waals surface area contributed by atoms with Crippen molar-refractivity contribution in [3.8, 4) is 28.1 Å². The molecule has 0 amide bonds. The molecule has 0 atom stereocenters. The summed E-state index contributed by atoms with van der Waals surface area (Å²) in [6, 6.07) is 24.5. The molecule has 0 spiro atoms. The number of anilines is 4. The molecule has 10 rings (SSSR count). The van der Waals surface area contributed by atoms with Crippen molar-refractivity contribution in [2.75, 3.05) is 16.5 Å². The SMILES string of the molecule is [2H]c1c([2H])c([2H])c(-c2c([2H])c([2H])c([2H])c(-c3c([2H])c([2H])c([2H])c([2H])c3[2H])c2N2CN(c3cc(C(C)(C)c4ccc5c6ccccc6n(-c6cc(C(C)(C)C)ccn6)c5c4)cc([Si](C)(C)C)c3)c3ccccc32)c([2H])c1[2H]. The molecule has 3 heterocycles. The molecule has 63 heavy (non-hydrogen) atoms. The van der Waals surface area contributed by atoms with Crippen molar-refractivity contribution in [3.05, 3.63) is 199 Å². The van der Waals surface area contributed by atoms with Gasteiger partial charge in [0.1, 0.15) is 12.5 Å². The lowest BCUT2D eigenvalue weighted by Crippen LogP contribution is -2.39. The highest BCUT2D eigenvalue weighted by Gasteiger charge is 2.34. The van der Waals surface area contributed by atoms with Gasteiger partial charge < -0.3 is 9.80 Å².